The van der Waals surface area contributed by atoms with E-state index in [0.29, 0.717) is 11.5 Å². The molecule has 100 valence electrons. The number of nitrogens with zero attached hydrogens (tertiary/aromatic N) is 3. The molecule has 0 spiro atoms. The molecule has 20 heavy (non-hydrogen) atoms. The molecule has 3 aromatic rings. The van der Waals surface area contributed by atoms with Crippen molar-refractivity contribution in [2.75, 3.05) is 17.7 Å². The summed E-state index contributed by atoms with van der Waals surface area (Å²) in [5.74, 6) is 0.330. The summed E-state index contributed by atoms with van der Waals surface area (Å²) in [6.07, 6.45) is 2.95. The Morgan fingerprint density at radius 2 is 2.10 bits per heavy atom. The van der Waals surface area contributed by atoms with E-state index in [-0.39, 0.29) is 11.6 Å². The standard InChI is InChI=1S/C13H11N5OS/c1-14-12-6-15-10(5-16-12)13(19)18-8-2-3-9-11(4-8)20-7-17-9/h2-7H,1H3,(H,14,16)(H,18,19). The van der Waals surface area contributed by atoms with Crippen LogP contribution >= 0.6 is 11.3 Å². The quantitative estimate of drug-likeness (QED) is 0.772. The molecule has 0 radical (unpaired) electrons. The maximum absolute atomic E-state index is 12.0. The van der Waals surface area contributed by atoms with Crippen molar-refractivity contribution in [3.05, 3.63) is 41.8 Å². The molecule has 1 aromatic carbocycles. The summed E-state index contributed by atoms with van der Waals surface area (Å²) in [6.45, 7) is 0. The van der Waals surface area contributed by atoms with E-state index in [1.165, 1.54) is 23.7 Å². The van der Waals surface area contributed by atoms with Crippen LogP contribution in [0.3, 0.4) is 0 Å². The van der Waals surface area contributed by atoms with E-state index < -0.39 is 0 Å². The second-order valence-corrected chi connectivity index (χ2v) is 4.91. The van der Waals surface area contributed by atoms with Crippen molar-refractivity contribution in [1.29, 1.82) is 0 Å². The van der Waals surface area contributed by atoms with Gasteiger partial charge >= 0.3 is 0 Å². The molecular formula is C13H11N5OS. The molecule has 2 N–H and O–H groups in total. The monoisotopic (exact) mass is 285 g/mol. The smallest absolute Gasteiger partial charge is 0.275 e. The second-order valence-electron chi connectivity index (χ2n) is 4.03. The van der Waals surface area contributed by atoms with E-state index in [2.05, 4.69) is 25.6 Å². The van der Waals surface area contributed by atoms with Gasteiger partial charge in [0.25, 0.3) is 5.91 Å². The molecule has 1 amide bonds. The summed E-state index contributed by atoms with van der Waals surface area (Å²) < 4.78 is 1.03. The predicted octanol–water partition coefficient (Wildman–Crippen LogP) is 2.38. The van der Waals surface area contributed by atoms with Gasteiger partial charge in [0.15, 0.2) is 0 Å². The number of carbonyl (C=O) groups is 1. The first-order valence-electron chi connectivity index (χ1n) is 5.90. The van der Waals surface area contributed by atoms with E-state index in [1.807, 2.05) is 18.2 Å². The molecule has 0 unspecified atom stereocenters. The Bertz CT molecular complexity index is 753. The highest BCUT2D eigenvalue weighted by atomic mass is 32.1. The van der Waals surface area contributed by atoms with Gasteiger partial charge in [-0.25, -0.2) is 15.0 Å². The van der Waals surface area contributed by atoms with Crippen molar-refractivity contribution < 1.29 is 4.79 Å². The highest BCUT2D eigenvalue weighted by molar-refractivity contribution is 7.16. The summed E-state index contributed by atoms with van der Waals surface area (Å²) in [7, 11) is 1.74. The number of hydrogen-bond acceptors (Lipinski definition) is 6. The van der Waals surface area contributed by atoms with E-state index in [9.17, 15) is 4.79 Å². The number of amides is 1. The number of nitrogens with one attached hydrogen (secondary N) is 2. The van der Waals surface area contributed by atoms with Crippen LogP contribution in [0.1, 0.15) is 10.5 Å². The Morgan fingerprint density at radius 1 is 1.20 bits per heavy atom. The summed E-state index contributed by atoms with van der Waals surface area (Å²) >= 11 is 1.53. The molecule has 2 aromatic heterocycles. The van der Waals surface area contributed by atoms with Gasteiger partial charge in [0, 0.05) is 12.7 Å². The van der Waals surface area contributed by atoms with Gasteiger partial charge in [-0.3, -0.25) is 4.79 Å². The Labute approximate surface area is 118 Å². The molecular weight excluding hydrogens is 274 g/mol. The highest BCUT2D eigenvalue weighted by Crippen LogP contribution is 2.22. The average molecular weight is 285 g/mol. The molecule has 0 saturated heterocycles. The van der Waals surface area contributed by atoms with Gasteiger partial charge < -0.3 is 10.6 Å². The Morgan fingerprint density at radius 3 is 2.85 bits per heavy atom. The third kappa shape index (κ3) is 2.43. The maximum Gasteiger partial charge on any atom is 0.275 e. The van der Waals surface area contributed by atoms with E-state index in [4.69, 9.17) is 0 Å². The van der Waals surface area contributed by atoms with Crippen LogP contribution in [-0.4, -0.2) is 27.9 Å². The van der Waals surface area contributed by atoms with Crippen LogP contribution < -0.4 is 10.6 Å². The fourth-order valence-electron chi connectivity index (χ4n) is 1.70. The van der Waals surface area contributed by atoms with Gasteiger partial charge in [0.05, 0.1) is 28.1 Å². The van der Waals surface area contributed by atoms with Crippen molar-refractivity contribution in [2.24, 2.45) is 0 Å². The van der Waals surface area contributed by atoms with Gasteiger partial charge in [0.1, 0.15) is 11.5 Å². The van der Waals surface area contributed by atoms with Gasteiger partial charge in [-0.2, -0.15) is 0 Å². The zero-order valence-corrected chi connectivity index (χ0v) is 11.4. The lowest BCUT2D eigenvalue weighted by atomic mass is 10.3. The summed E-state index contributed by atoms with van der Waals surface area (Å²) in [4.78, 5) is 24.3. The van der Waals surface area contributed by atoms with Gasteiger partial charge in [-0.05, 0) is 18.2 Å². The first kappa shape index (κ1) is 12.5. The molecule has 0 fully saturated rings. The van der Waals surface area contributed by atoms with Crippen molar-refractivity contribution in [3.63, 3.8) is 0 Å². The van der Waals surface area contributed by atoms with Crippen LogP contribution in [0.15, 0.2) is 36.1 Å². The van der Waals surface area contributed by atoms with E-state index >= 15 is 0 Å². The molecule has 0 saturated carbocycles. The topological polar surface area (TPSA) is 79.8 Å². The summed E-state index contributed by atoms with van der Waals surface area (Å²) in [5, 5.41) is 5.64. The molecule has 3 rings (SSSR count). The van der Waals surface area contributed by atoms with E-state index in [0.717, 1.165) is 10.2 Å². The van der Waals surface area contributed by atoms with Crippen molar-refractivity contribution in [3.8, 4) is 0 Å². The number of anilines is 2. The van der Waals surface area contributed by atoms with Crippen LogP contribution in [0.2, 0.25) is 0 Å². The van der Waals surface area contributed by atoms with Gasteiger partial charge in [0.2, 0.25) is 0 Å². The molecule has 0 aliphatic carbocycles. The lowest BCUT2D eigenvalue weighted by molar-refractivity contribution is 0.102. The largest absolute Gasteiger partial charge is 0.372 e. The zero-order valence-electron chi connectivity index (χ0n) is 10.6. The minimum absolute atomic E-state index is 0.272. The van der Waals surface area contributed by atoms with Gasteiger partial charge in [-0.15, -0.1) is 11.3 Å². The second kappa shape index (κ2) is 5.22. The lowest BCUT2D eigenvalue weighted by Crippen LogP contribution is -2.14. The Hall–Kier alpha value is -2.54. The van der Waals surface area contributed by atoms with Crippen LogP contribution in [0.25, 0.3) is 10.2 Å². The fraction of sp³-hybridized carbons (Fsp3) is 0.0769. The summed E-state index contributed by atoms with van der Waals surface area (Å²) in [5.41, 5.74) is 3.68. The lowest BCUT2D eigenvalue weighted by Gasteiger charge is -2.05. The molecule has 0 bridgehead atoms. The SMILES string of the molecule is CNc1cnc(C(=O)Nc2ccc3ncsc3c2)cn1. The number of rotatable bonds is 3. The third-order valence-electron chi connectivity index (χ3n) is 2.73. The normalized spacial score (nSPS) is 10.4. The number of fused-ring (bicyclic) bond motifs is 1. The van der Waals surface area contributed by atoms with Crippen molar-refractivity contribution in [2.45, 2.75) is 0 Å². The predicted molar refractivity (Wildman–Crippen MR) is 79.2 cm³/mol. The summed E-state index contributed by atoms with van der Waals surface area (Å²) in [6, 6.07) is 5.58. The van der Waals surface area contributed by atoms with Crippen LogP contribution in [0.4, 0.5) is 11.5 Å². The number of benzene rings is 1. The van der Waals surface area contributed by atoms with E-state index in [1.54, 1.807) is 12.6 Å². The molecule has 6 nitrogen and oxygen atoms in total. The first-order chi connectivity index (χ1) is 9.76. The van der Waals surface area contributed by atoms with Crippen molar-refractivity contribution in [1.82, 2.24) is 15.0 Å². The van der Waals surface area contributed by atoms with Crippen molar-refractivity contribution >= 4 is 39.0 Å². The molecule has 0 atom stereocenters. The number of aromatic nitrogens is 3. The highest BCUT2D eigenvalue weighted by Gasteiger charge is 2.09. The third-order valence-corrected chi connectivity index (χ3v) is 3.52. The fourth-order valence-corrected chi connectivity index (χ4v) is 2.42. The number of hydrogen-bond donors (Lipinski definition) is 2. The molecule has 0 aliphatic heterocycles. The van der Waals surface area contributed by atoms with Gasteiger partial charge in [-0.1, -0.05) is 0 Å². The van der Waals surface area contributed by atoms with Crippen LogP contribution in [-0.2, 0) is 0 Å². The van der Waals surface area contributed by atoms with Crippen LogP contribution in [0.5, 0.6) is 0 Å². The number of thiazole rings is 1. The minimum Gasteiger partial charge on any atom is -0.372 e. The first-order valence-corrected chi connectivity index (χ1v) is 6.78. The molecule has 2 heterocycles. The minimum atomic E-state index is -0.288. The Balaban J connectivity index is 1.80. The molecule has 7 heteroatoms. The average Bonchev–Trinajstić information content (AvgIpc) is 2.95. The van der Waals surface area contributed by atoms with Crippen LogP contribution in [0, 0.1) is 0 Å². The maximum atomic E-state index is 12.0. The number of carbonyl (C=O) groups excluding carboxylic acids is 1. The Kier molecular flexibility index (Phi) is 3.26. The zero-order chi connectivity index (χ0) is 13.9. The molecule has 0 aliphatic rings.